The Morgan fingerprint density at radius 3 is 2.13 bits per heavy atom. The summed E-state index contributed by atoms with van der Waals surface area (Å²) in [6, 6.07) is 23.6. The summed E-state index contributed by atoms with van der Waals surface area (Å²) in [6.45, 7) is 0.463. The number of nitrogens with zero attached hydrogens (tertiary/aromatic N) is 1. The van der Waals surface area contributed by atoms with Crippen molar-refractivity contribution in [1.82, 2.24) is 0 Å². The van der Waals surface area contributed by atoms with Gasteiger partial charge in [0.05, 0.1) is 7.11 Å². The third kappa shape index (κ3) is 6.61. The highest BCUT2D eigenvalue weighted by molar-refractivity contribution is 6.04. The van der Waals surface area contributed by atoms with Gasteiger partial charge in [-0.3, -0.25) is 4.79 Å². The maximum atomic E-state index is 12.2. The van der Waals surface area contributed by atoms with E-state index in [1.165, 1.54) is 0 Å². The topological polar surface area (TPSA) is 38.8 Å². The first kappa shape index (κ1) is 21.9. The average Bonchev–Trinajstić information content (AvgIpc) is 2.81. The van der Waals surface area contributed by atoms with Gasteiger partial charge in [0.2, 0.25) is 0 Å². The number of hydrogen-bond acceptors (Lipinski definition) is 4. The largest absolute Gasteiger partial charge is 0.493 e. The molecule has 0 saturated carbocycles. The third-order valence-electron chi connectivity index (χ3n) is 4.71. The van der Waals surface area contributed by atoms with Gasteiger partial charge in [0.25, 0.3) is 0 Å². The van der Waals surface area contributed by atoms with Crippen molar-refractivity contribution in [1.29, 1.82) is 0 Å². The molecule has 0 unspecified atom stereocenters. The zero-order chi connectivity index (χ0) is 22.1. The van der Waals surface area contributed by atoms with Crippen LogP contribution in [0.1, 0.15) is 16.7 Å². The van der Waals surface area contributed by atoms with Gasteiger partial charge >= 0.3 is 0 Å². The van der Waals surface area contributed by atoms with Gasteiger partial charge < -0.3 is 14.4 Å². The molecule has 3 rings (SSSR count). The molecule has 0 N–H and O–H groups in total. The smallest absolute Gasteiger partial charge is 0.178 e. The molecule has 0 bridgehead atoms. The molecule has 31 heavy (non-hydrogen) atoms. The van der Waals surface area contributed by atoms with E-state index in [-0.39, 0.29) is 5.78 Å². The van der Waals surface area contributed by atoms with Gasteiger partial charge in [0.1, 0.15) is 6.61 Å². The molecule has 4 nitrogen and oxygen atoms in total. The SMILES string of the molecule is COc1cc(/C=C/C(=O)/C=C/c2ccc(N(C)C)cc2)ccc1OCc1ccccc1. The van der Waals surface area contributed by atoms with Crippen LogP contribution in [0.2, 0.25) is 0 Å². The molecule has 4 heteroatoms. The molecule has 0 amide bonds. The molecule has 0 fully saturated rings. The molecule has 0 aliphatic heterocycles. The van der Waals surface area contributed by atoms with Gasteiger partial charge in [-0.05, 0) is 53.1 Å². The fourth-order valence-electron chi connectivity index (χ4n) is 2.94. The molecule has 0 aliphatic rings. The van der Waals surface area contributed by atoms with Crippen LogP contribution in [0.4, 0.5) is 5.69 Å². The number of ether oxygens (including phenoxy) is 2. The van der Waals surface area contributed by atoms with Gasteiger partial charge in [-0.2, -0.15) is 0 Å². The van der Waals surface area contributed by atoms with Crippen LogP contribution in [-0.2, 0) is 11.4 Å². The Balaban J connectivity index is 1.61. The maximum Gasteiger partial charge on any atom is 0.178 e. The molecule has 0 atom stereocenters. The summed E-state index contributed by atoms with van der Waals surface area (Å²) in [5.41, 5.74) is 4.05. The summed E-state index contributed by atoms with van der Waals surface area (Å²) < 4.78 is 11.3. The summed E-state index contributed by atoms with van der Waals surface area (Å²) >= 11 is 0. The van der Waals surface area contributed by atoms with Crippen LogP contribution in [-0.4, -0.2) is 27.0 Å². The standard InChI is InChI=1S/C27H27NO3/c1-28(2)24-14-9-21(10-15-24)11-16-25(29)17-12-22-13-18-26(27(19-22)30-3)31-20-23-7-5-4-6-8-23/h4-19H,20H2,1-3H3/b16-11+,17-12+. The van der Waals surface area contributed by atoms with Crippen molar-refractivity contribution in [3.8, 4) is 11.5 Å². The maximum absolute atomic E-state index is 12.2. The Bertz CT molecular complexity index is 1050. The van der Waals surface area contributed by atoms with Crippen LogP contribution in [0.3, 0.4) is 0 Å². The summed E-state index contributed by atoms with van der Waals surface area (Å²) in [7, 11) is 5.60. The molecule has 158 valence electrons. The number of ketones is 1. The molecule has 3 aromatic carbocycles. The summed E-state index contributed by atoms with van der Waals surface area (Å²) in [6.07, 6.45) is 6.69. The van der Waals surface area contributed by atoms with E-state index in [9.17, 15) is 4.79 Å². The van der Waals surface area contributed by atoms with E-state index in [2.05, 4.69) is 0 Å². The Morgan fingerprint density at radius 2 is 1.48 bits per heavy atom. The monoisotopic (exact) mass is 413 g/mol. The summed E-state index contributed by atoms with van der Waals surface area (Å²) in [5.74, 6) is 1.21. The average molecular weight is 414 g/mol. The van der Waals surface area contributed by atoms with E-state index in [4.69, 9.17) is 9.47 Å². The molecule has 0 radical (unpaired) electrons. The van der Waals surface area contributed by atoms with E-state index in [1.54, 1.807) is 25.3 Å². The number of carbonyl (C=O) groups excluding carboxylic acids is 1. The fourth-order valence-corrected chi connectivity index (χ4v) is 2.94. The minimum Gasteiger partial charge on any atom is -0.493 e. The molecule has 0 heterocycles. The minimum atomic E-state index is -0.0833. The van der Waals surface area contributed by atoms with Crippen molar-refractivity contribution in [2.45, 2.75) is 6.61 Å². The lowest BCUT2D eigenvalue weighted by molar-refractivity contribution is -0.110. The van der Waals surface area contributed by atoms with E-state index >= 15 is 0 Å². The minimum absolute atomic E-state index is 0.0833. The van der Waals surface area contributed by atoms with Crippen LogP contribution in [0, 0.1) is 0 Å². The third-order valence-corrected chi connectivity index (χ3v) is 4.71. The highest BCUT2D eigenvalue weighted by Gasteiger charge is 2.05. The Morgan fingerprint density at radius 1 is 0.839 bits per heavy atom. The van der Waals surface area contributed by atoms with Gasteiger partial charge in [-0.1, -0.05) is 60.7 Å². The number of carbonyl (C=O) groups is 1. The predicted octanol–water partition coefficient (Wildman–Crippen LogP) is 5.64. The Kier molecular flexibility index (Phi) is 7.66. The number of methoxy groups -OCH3 is 1. The lowest BCUT2D eigenvalue weighted by Gasteiger charge is -2.11. The number of rotatable bonds is 9. The second kappa shape index (κ2) is 10.8. The number of allylic oxidation sites excluding steroid dienone is 2. The van der Waals surface area contributed by atoms with E-state index in [0.29, 0.717) is 18.1 Å². The van der Waals surface area contributed by atoms with Gasteiger partial charge in [0.15, 0.2) is 17.3 Å². The van der Waals surface area contributed by atoms with Gasteiger partial charge in [-0.25, -0.2) is 0 Å². The van der Waals surface area contributed by atoms with Crippen molar-refractivity contribution in [2.75, 3.05) is 26.1 Å². The number of hydrogen-bond donors (Lipinski definition) is 0. The molecular formula is C27H27NO3. The normalized spacial score (nSPS) is 11.1. The molecule has 0 aromatic heterocycles. The van der Waals surface area contributed by atoms with Crippen molar-refractivity contribution < 1.29 is 14.3 Å². The van der Waals surface area contributed by atoms with E-state index in [1.807, 2.05) is 97.9 Å². The van der Waals surface area contributed by atoms with Crippen molar-refractivity contribution in [3.63, 3.8) is 0 Å². The van der Waals surface area contributed by atoms with Crippen LogP contribution in [0.5, 0.6) is 11.5 Å². The van der Waals surface area contributed by atoms with E-state index < -0.39 is 0 Å². The Labute approximate surface area is 184 Å². The second-order valence-corrected chi connectivity index (χ2v) is 7.24. The van der Waals surface area contributed by atoms with E-state index in [0.717, 1.165) is 22.4 Å². The zero-order valence-corrected chi connectivity index (χ0v) is 18.1. The van der Waals surface area contributed by atoms with Gasteiger partial charge in [-0.15, -0.1) is 0 Å². The van der Waals surface area contributed by atoms with Crippen LogP contribution in [0.25, 0.3) is 12.2 Å². The van der Waals surface area contributed by atoms with Gasteiger partial charge in [0, 0.05) is 19.8 Å². The van der Waals surface area contributed by atoms with Crippen LogP contribution in [0.15, 0.2) is 84.9 Å². The van der Waals surface area contributed by atoms with Crippen molar-refractivity contribution in [3.05, 3.63) is 102 Å². The molecule has 0 spiro atoms. The first-order chi connectivity index (χ1) is 15.0. The first-order valence-corrected chi connectivity index (χ1v) is 10.1. The molecular weight excluding hydrogens is 386 g/mol. The highest BCUT2D eigenvalue weighted by atomic mass is 16.5. The highest BCUT2D eigenvalue weighted by Crippen LogP contribution is 2.29. The summed E-state index contributed by atoms with van der Waals surface area (Å²) in [4.78, 5) is 14.2. The fraction of sp³-hybridized carbons (Fsp3) is 0.148. The second-order valence-electron chi connectivity index (χ2n) is 7.24. The van der Waals surface area contributed by atoms with Crippen molar-refractivity contribution in [2.24, 2.45) is 0 Å². The molecule has 0 aliphatic carbocycles. The number of anilines is 1. The lowest BCUT2D eigenvalue weighted by atomic mass is 10.1. The quantitative estimate of drug-likeness (QED) is 0.426. The first-order valence-electron chi connectivity index (χ1n) is 10.1. The zero-order valence-electron chi connectivity index (χ0n) is 18.1. The lowest BCUT2D eigenvalue weighted by Crippen LogP contribution is -2.07. The molecule has 0 saturated heterocycles. The predicted molar refractivity (Wildman–Crippen MR) is 128 cm³/mol. The Hall–Kier alpha value is -3.79. The van der Waals surface area contributed by atoms with Crippen LogP contribution >= 0.6 is 0 Å². The molecule has 3 aromatic rings. The van der Waals surface area contributed by atoms with Crippen LogP contribution < -0.4 is 14.4 Å². The number of benzene rings is 3. The summed E-state index contributed by atoms with van der Waals surface area (Å²) in [5, 5.41) is 0. The van der Waals surface area contributed by atoms with Crippen molar-refractivity contribution >= 4 is 23.6 Å².